The Labute approximate surface area is 266 Å². The predicted octanol–water partition coefficient (Wildman–Crippen LogP) is 5.62. The van der Waals surface area contributed by atoms with Crippen molar-refractivity contribution in [3.05, 3.63) is 83.9 Å². The first kappa shape index (κ1) is 33.3. The first-order valence-electron chi connectivity index (χ1n) is 11.5. The molecule has 0 amide bonds. The molecule has 1 radical (unpaired) electrons. The monoisotopic (exact) mass is 635 g/mol. The van der Waals surface area contributed by atoms with Crippen molar-refractivity contribution in [2.75, 3.05) is 0 Å². The second kappa shape index (κ2) is 13.4. The quantitative estimate of drug-likeness (QED) is 0.0604. The molecular weight excluding hydrogens is 615 g/mol. The van der Waals surface area contributed by atoms with Crippen molar-refractivity contribution in [1.29, 1.82) is 0 Å². The van der Waals surface area contributed by atoms with Crippen LogP contribution in [0, 0.1) is 0 Å². The van der Waals surface area contributed by atoms with Gasteiger partial charge in [-0.3, -0.25) is 9.11 Å². The zero-order valence-electron chi connectivity index (χ0n) is 22.0. The Morgan fingerprint density at radius 3 is 1.21 bits per heavy atom. The van der Waals surface area contributed by atoms with Crippen molar-refractivity contribution in [2.24, 2.45) is 20.5 Å². The van der Waals surface area contributed by atoms with E-state index in [4.69, 9.17) is 0 Å². The number of rotatable bonds is 8. The standard InChI is InChI=1S/C26H20N4O10S2.Na/c31-19-7-9-21(23(33)13-19)29-27-17-5-3-15(25(11-17)41(35,36)37)1-2-16-4-6-18(12-26(16)42(38,39)40)28-30-22-10-8-20(32)14-24(22)34;/h1-14,31-34H,(H,35,36,37)(H,38,39,40);. The molecule has 0 heterocycles. The van der Waals surface area contributed by atoms with Gasteiger partial charge in [0.2, 0.25) is 0 Å². The average Bonchev–Trinajstić information content (AvgIpc) is 2.90. The Morgan fingerprint density at radius 2 is 0.884 bits per heavy atom. The molecule has 0 fully saturated rings. The van der Waals surface area contributed by atoms with E-state index in [2.05, 4.69) is 20.5 Å². The summed E-state index contributed by atoms with van der Waals surface area (Å²) < 4.78 is 67.8. The molecular formula is C26H20N4NaO10S2. The third-order valence-corrected chi connectivity index (χ3v) is 7.28. The Hall–Kier alpha value is -4.16. The number of nitrogens with zero attached hydrogens (tertiary/aromatic N) is 4. The van der Waals surface area contributed by atoms with Crippen LogP contribution >= 0.6 is 0 Å². The zero-order chi connectivity index (χ0) is 30.7. The van der Waals surface area contributed by atoms with E-state index >= 15 is 0 Å². The van der Waals surface area contributed by atoms with Gasteiger partial charge in [0.25, 0.3) is 20.2 Å². The molecule has 4 rings (SSSR count). The third-order valence-electron chi connectivity index (χ3n) is 5.46. The summed E-state index contributed by atoms with van der Waals surface area (Å²) in [4.78, 5) is -1.20. The molecule has 0 atom stereocenters. The van der Waals surface area contributed by atoms with Gasteiger partial charge in [0.15, 0.2) is 0 Å². The maximum Gasteiger partial charge on any atom is 0.295 e. The van der Waals surface area contributed by atoms with E-state index in [1.807, 2.05) is 0 Å². The fourth-order valence-corrected chi connectivity index (χ4v) is 4.90. The number of azo groups is 2. The van der Waals surface area contributed by atoms with Crippen LogP contribution in [-0.4, -0.2) is 75.9 Å². The van der Waals surface area contributed by atoms with Crippen LogP contribution in [0.5, 0.6) is 23.0 Å². The van der Waals surface area contributed by atoms with E-state index in [9.17, 15) is 46.4 Å². The molecule has 0 unspecified atom stereocenters. The summed E-state index contributed by atoms with van der Waals surface area (Å²) in [6.45, 7) is 0. The van der Waals surface area contributed by atoms with Crippen molar-refractivity contribution >= 4 is 84.7 Å². The van der Waals surface area contributed by atoms with Crippen LogP contribution in [0.4, 0.5) is 22.7 Å². The van der Waals surface area contributed by atoms with E-state index in [0.717, 1.165) is 24.3 Å². The minimum absolute atomic E-state index is 0. The molecule has 0 aromatic heterocycles. The fourth-order valence-electron chi connectivity index (χ4n) is 3.49. The van der Waals surface area contributed by atoms with Crippen LogP contribution in [0.15, 0.2) is 103 Å². The molecule has 0 bridgehead atoms. The van der Waals surface area contributed by atoms with E-state index in [0.29, 0.717) is 0 Å². The summed E-state index contributed by atoms with van der Waals surface area (Å²) in [7, 11) is -9.62. The van der Waals surface area contributed by atoms with Gasteiger partial charge in [0.05, 0.1) is 11.4 Å². The molecule has 4 aromatic carbocycles. The van der Waals surface area contributed by atoms with E-state index < -0.39 is 30.0 Å². The van der Waals surface area contributed by atoms with Gasteiger partial charge in [-0.25, -0.2) is 0 Å². The molecule has 0 aliphatic rings. The molecule has 6 N–H and O–H groups in total. The Bertz CT molecular complexity index is 1850. The predicted molar refractivity (Wildman–Crippen MR) is 155 cm³/mol. The summed E-state index contributed by atoms with van der Waals surface area (Å²) >= 11 is 0. The summed E-state index contributed by atoms with van der Waals surface area (Å²) in [6.07, 6.45) is 2.35. The first-order valence-corrected chi connectivity index (χ1v) is 14.4. The minimum atomic E-state index is -4.81. The number of phenols is 4. The van der Waals surface area contributed by atoms with E-state index in [1.165, 1.54) is 60.7 Å². The molecule has 0 aliphatic heterocycles. The number of benzene rings is 4. The molecule has 0 saturated heterocycles. The number of hydrogen-bond donors (Lipinski definition) is 6. The third kappa shape index (κ3) is 8.68. The second-order valence-electron chi connectivity index (χ2n) is 8.47. The number of aromatic hydroxyl groups is 4. The van der Waals surface area contributed by atoms with Crippen LogP contribution in [0.3, 0.4) is 0 Å². The largest absolute Gasteiger partial charge is 0.508 e. The molecule has 0 aliphatic carbocycles. The van der Waals surface area contributed by atoms with Crippen molar-refractivity contribution in [1.82, 2.24) is 0 Å². The van der Waals surface area contributed by atoms with Crippen LogP contribution in [0.1, 0.15) is 11.1 Å². The average molecular weight is 636 g/mol. The summed E-state index contributed by atoms with van der Waals surface area (Å²) in [5.74, 6) is -1.17. The molecule has 4 aromatic rings. The molecule has 217 valence electrons. The van der Waals surface area contributed by atoms with Crippen molar-refractivity contribution in [3.63, 3.8) is 0 Å². The van der Waals surface area contributed by atoms with Crippen LogP contribution in [-0.2, 0) is 20.2 Å². The molecule has 17 heteroatoms. The summed E-state index contributed by atoms with van der Waals surface area (Å²) in [5.41, 5.74) is -0.245. The fraction of sp³-hybridized carbons (Fsp3) is 0. The summed E-state index contributed by atoms with van der Waals surface area (Å²) in [5, 5.41) is 53.6. The molecule has 43 heavy (non-hydrogen) atoms. The number of hydrogen-bond acceptors (Lipinski definition) is 12. The SMILES string of the molecule is O=S(=O)(O)c1cc(N=Nc2ccc(O)cc2O)ccc1C=Cc1ccc(N=Nc2ccc(O)cc2O)cc1S(=O)(=O)O.[Na]. The van der Waals surface area contributed by atoms with Crippen molar-refractivity contribution in [3.8, 4) is 23.0 Å². The topological polar surface area (TPSA) is 239 Å². The molecule has 0 saturated carbocycles. The zero-order valence-corrected chi connectivity index (χ0v) is 25.6. The van der Waals surface area contributed by atoms with E-state index in [1.54, 1.807) is 0 Å². The normalized spacial score (nSPS) is 12.2. The maximum absolute atomic E-state index is 12.1. The maximum atomic E-state index is 12.1. The van der Waals surface area contributed by atoms with E-state index in [-0.39, 0.29) is 86.4 Å². The Morgan fingerprint density at radius 1 is 0.512 bits per heavy atom. The van der Waals surface area contributed by atoms with Crippen LogP contribution < -0.4 is 0 Å². The van der Waals surface area contributed by atoms with Crippen molar-refractivity contribution in [2.45, 2.75) is 9.79 Å². The minimum Gasteiger partial charge on any atom is -0.508 e. The van der Waals surface area contributed by atoms with Crippen LogP contribution in [0.25, 0.3) is 12.2 Å². The van der Waals surface area contributed by atoms with Gasteiger partial charge in [-0.15, -0.1) is 10.2 Å². The van der Waals surface area contributed by atoms with Gasteiger partial charge in [0, 0.05) is 41.7 Å². The van der Waals surface area contributed by atoms with Crippen LogP contribution in [0.2, 0.25) is 0 Å². The number of phenolic OH excluding ortho intramolecular Hbond substituents is 4. The Balaban J connectivity index is 0.00000506. The van der Waals surface area contributed by atoms with Gasteiger partial charge < -0.3 is 20.4 Å². The smallest absolute Gasteiger partial charge is 0.295 e. The van der Waals surface area contributed by atoms with Crippen molar-refractivity contribution < 1.29 is 46.4 Å². The van der Waals surface area contributed by atoms with Gasteiger partial charge in [-0.1, -0.05) is 24.3 Å². The Kier molecular flexibility index (Phi) is 10.4. The van der Waals surface area contributed by atoms with Gasteiger partial charge in [-0.05, 0) is 59.7 Å². The van der Waals surface area contributed by atoms with Gasteiger partial charge in [-0.2, -0.15) is 27.1 Å². The second-order valence-corrected chi connectivity index (χ2v) is 11.3. The molecule has 14 nitrogen and oxygen atoms in total. The summed E-state index contributed by atoms with van der Waals surface area (Å²) in [6, 6.07) is 14.3. The molecule has 0 spiro atoms. The first-order chi connectivity index (χ1) is 19.7. The van der Waals surface area contributed by atoms with Gasteiger partial charge >= 0.3 is 0 Å². The van der Waals surface area contributed by atoms with Gasteiger partial charge in [0.1, 0.15) is 44.2 Å².